The molecule has 0 radical (unpaired) electrons. The van der Waals surface area contributed by atoms with Crippen molar-refractivity contribution < 1.29 is 38.1 Å². The van der Waals surface area contributed by atoms with Crippen LogP contribution in [0.1, 0.15) is 11.1 Å². The molecule has 2 aromatic carbocycles. The fourth-order valence-electron chi connectivity index (χ4n) is 2.73. The summed E-state index contributed by atoms with van der Waals surface area (Å²) in [6, 6.07) is 13.5. The average Bonchev–Trinajstić information content (AvgIpc) is 2.79. The third-order valence-electron chi connectivity index (χ3n) is 4.27. The molecular formula is C18H24N6O8P3S+. The molecule has 18 heteroatoms. The van der Waals surface area contributed by atoms with Crippen molar-refractivity contribution in [3.8, 4) is 11.5 Å². The molecule has 0 heterocycles. The predicted molar refractivity (Wildman–Crippen MR) is 137 cm³/mol. The second-order valence-corrected chi connectivity index (χ2v) is 12.7. The number of rotatable bonds is 14. The SMILES string of the molecule is CN(/N=C\c1ccc(ON=[N+]=[N-])cc1)[P+](=S)Oc1ccc(CCN(CP(=O)(O)O)CP(=O)(O)O)cc1. The molecule has 0 aromatic heterocycles. The number of hydrogen-bond donors (Lipinski definition) is 4. The highest BCUT2D eigenvalue weighted by molar-refractivity contribution is 8.02. The van der Waals surface area contributed by atoms with Gasteiger partial charge >= 0.3 is 22.3 Å². The van der Waals surface area contributed by atoms with Crippen LogP contribution in [0.25, 0.3) is 10.4 Å². The Morgan fingerprint density at radius 2 is 1.58 bits per heavy atom. The van der Waals surface area contributed by atoms with E-state index in [2.05, 4.69) is 15.3 Å². The van der Waals surface area contributed by atoms with Crippen molar-refractivity contribution >= 4 is 40.3 Å². The summed E-state index contributed by atoms with van der Waals surface area (Å²) in [6.07, 6.45) is 0.381. The van der Waals surface area contributed by atoms with Crippen LogP contribution < -0.4 is 9.36 Å². The van der Waals surface area contributed by atoms with Crippen molar-refractivity contribution in [3.05, 3.63) is 70.1 Å². The molecular weight excluding hydrogens is 553 g/mol. The summed E-state index contributed by atoms with van der Waals surface area (Å²) in [5, 5.41) is 7.27. The van der Waals surface area contributed by atoms with Gasteiger partial charge in [-0.1, -0.05) is 16.9 Å². The summed E-state index contributed by atoms with van der Waals surface area (Å²) >= 11 is 5.38. The number of benzene rings is 2. The molecule has 0 aliphatic heterocycles. The van der Waals surface area contributed by atoms with Crippen molar-refractivity contribution in [1.29, 1.82) is 0 Å². The molecule has 2 rings (SSSR count). The molecule has 194 valence electrons. The fourth-order valence-corrected chi connectivity index (χ4v) is 5.36. The first-order valence-electron chi connectivity index (χ1n) is 9.99. The van der Waals surface area contributed by atoms with Crippen LogP contribution in [-0.4, -0.2) is 61.6 Å². The van der Waals surface area contributed by atoms with E-state index in [9.17, 15) is 9.13 Å². The Balaban J connectivity index is 1.90. The Bertz CT molecular complexity index is 1170. The van der Waals surface area contributed by atoms with Crippen LogP contribution in [0.3, 0.4) is 0 Å². The third kappa shape index (κ3) is 12.0. The zero-order chi connectivity index (χ0) is 26.8. The van der Waals surface area contributed by atoms with Gasteiger partial charge in [0.1, 0.15) is 23.6 Å². The van der Waals surface area contributed by atoms with Crippen LogP contribution in [-0.2, 0) is 27.4 Å². The molecule has 0 amide bonds. The van der Waals surface area contributed by atoms with E-state index in [4.69, 9.17) is 46.3 Å². The molecule has 0 bridgehead atoms. The quantitative estimate of drug-likeness (QED) is 0.0639. The maximum Gasteiger partial charge on any atom is 0.540 e. The summed E-state index contributed by atoms with van der Waals surface area (Å²) < 4.78 is 29.8. The van der Waals surface area contributed by atoms with Gasteiger partial charge in [0, 0.05) is 11.5 Å². The van der Waals surface area contributed by atoms with Gasteiger partial charge in [0.05, 0.1) is 13.3 Å². The summed E-state index contributed by atoms with van der Waals surface area (Å²) in [7, 11) is -8.82. The maximum atomic E-state index is 11.3. The van der Waals surface area contributed by atoms with Gasteiger partial charge in [0.2, 0.25) is 11.8 Å². The van der Waals surface area contributed by atoms with E-state index in [-0.39, 0.29) is 6.54 Å². The van der Waals surface area contributed by atoms with E-state index in [0.717, 1.165) is 16.0 Å². The lowest BCUT2D eigenvalue weighted by Gasteiger charge is -2.22. The second-order valence-electron chi connectivity index (χ2n) is 7.30. The van der Waals surface area contributed by atoms with Crippen LogP contribution >= 0.6 is 22.3 Å². The molecule has 0 fully saturated rings. The van der Waals surface area contributed by atoms with Crippen LogP contribution in [0.5, 0.6) is 11.5 Å². The van der Waals surface area contributed by atoms with Crippen molar-refractivity contribution in [2.45, 2.75) is 6.42 Å². The number of nitrogens with zero attached hydrogens (tertiary/aromatic N) is 6. The molecule has 0 aliphatic rings. The minimum atomic E-state index is -4.48. The van der Waals surface area contributed by atoms with E-state index < -0.39 is 34.8 Å². The first-order chi connectivity index (χ1) is 16.8. The van der Waals surface area contributed by atoms with Crippen LogP contribution in [0.2, 0.25) is 0 Å². The zero-order valence-electron chi connectivity index (χ0n) is 18.9. The first kappa shape index (κ1) is 29.8. The maximum absolute atomic E-state index is 11.3. The summed E-state index contributed by atoms with van der Waals surface area (Å²) in [5.41, 5.74) is 9.78. The topological polar surface area (TPSA) is 201 Å². The van der Waals surface area contributed by atoms with E-state index in [1.54, 1.807) is 61.8 Å². The Kier molecular flexibility index (Phi) is 11.4. The Labute approximate surface area is 212 Å². The molecule has 0 spiro atoms. The van der Waals surface area contributed by atoms with Gasteiger partial charge in [-0.3, -0.25) is 18.6 Å². The predicted octanol–water partition coefficient (Wildman–Crippen LogP) is 3.52. The highest BCUT2D eigenvalue weighted by atomic mass is 32.4. The largest absolute Gasteiger partial charge is 0.540 e. The lowest BCUT2D eigenvalue weighted by molar-refractivity contribution is 0.279. The van der Waals surface area contributed by atoms with Crippen molar-refractivity contribution in [3.63, 3.8) is 0 Å². The van der Waals surface area contributed by atoms with Crippen LogP contribution in [0.4, 0.5) is 0 Å². The Morgan fingerprint density at radius 3 is 2.11 bits per heavy atom. The normalized spacial score (nSPS) is 12.3. The van der Waals surface area contributed by atoms with Crippen molar-refractivity contribution in [2.75, 3.05) is 26.2 Å². The van der Waals surface area contributed by atoms with E-state index in [0.29, 0.717) is 17.9 Å². The van der Waals surface area contributed by atoms with E-state index >= 15 is 0 Å². The third-order valence-corrected chi connectivity index (χ3v) is 7.68. The molecule has 14 nitrogen and oxygen atoms in total. The van der Waals surface area contributed by atoms with Gasteiger partial charge in [-0.2, -0.15) is 0 Å². The smallest absolute Gasteiger partial charge is 0.394 e. The van der Waals surface area contributed by atoms with Gasteiger partial charge in [-0.15, -0.1) is 5.10 Å². The van der Waals surface area contributed by atoms with Gasteiger partial charge in [-0.25, -0.2) is 0 Å². The molecule has 2 aromatic rings. The number of hydrogen-bond acceptors (Lipinski definition) is 8. The highest BCUT2D eigenvalue weighted by Crippen LogP contribution is 2.40. The number of azide groups is 1. The molecule has 1 unspecified atom stereocenters. The van der Waals surface area contributed by atoms with Crippen LogP contribution in [0.15, 0.2) is 58.9 Å². The Morgan fingerprint density at radius 1 is 1.03 bits per heavy atom. The van der Waals surface area contributed by atoms with Gasteiger partial charge < -0.3 is 24.4 Å². The minimum absolute atomic E-state index is 0.0419. The van der Waals surface area contributed by atoms with E-state index in [1.165, 1.54) is 4.78 Å². The van der Waals surface area contributed by atoms with Gasteiger partial charge in [0.25, 0.3) is 0 Å². The standard InChI is InChI=1S/C18H23N6O8P3S/c1-23(20-12-16-4-6-17(7-5-16)31-22-21-19)33(36)32-18-8-2-15(3-9-18)10-11-24(13-34(25,26)27)14-35(28,29)30/h2-9,12H,10-11,13-14H2,1H3,(H3-,25,26,27,28,29,30)/p+1/b20-12-. The van der Waals surface area contributed by atoms with Crippen molar-refractivity contribution in [2.24, 2.45) is 10.4 Å². The lowest BCUT2D eigenvalue weighted by Crippen LogP contribution is -2.28. The highest BCUT2D eigenvalue weighted by Gasteiger charge is 2.25. The molecule has 0 saturated carbocycles. The molecule has 4 N–H and O–H groups in total. The molecule has 1 atom stereocenters. The van der Waals surface area contributed by atoms with E-state index in [1.807, 2.05) is 0 Å². The second kappa shape index (κ2) is 13.8. The lowest BCUT2D eigenvalue weighted by atomic mass is 10.1. The average molecular weight is 577 g/mol. The van der Waals surface area contributed by atoms with Crippen LogP contribution in [0, 0.1) is 0 Å². The first-order valence-corrected chi connectivity index (χ1v) is 15.8. The van der Waals surface area contributed by atoms with Crippen molar-refractivity contribution in [1.82, 2.24) is 9.68 Å². The number of hydrazone groups is 1. The molecule has 0 saturated heterocycles. The Hall–Kier alpha value is -2.40. The monoisotopic (exact) mass is 577 g/mol. The summed E-state index contributed by atoms with van der Waals surface area (Å²) in [6.45, 7) is 0.0419. The fraction of sp³-hybridized carbons (Fsp3) is 0.278. The molecule has 36 heavy (non-hydrogen) atoms. The van der Waals surface area contributed by atoms with Gasteiger partial charge in [-0.05, 0) is 59.5 Å². The summed E-state index contributed by atoms with van der Waals surface area (Å²) in [5.74, 6) is 0.871. The van der Waals surface area contributed by atoms with Gasteiger partial charge in [0.15, 0.2) is 5.75 Å². The molecule has 0 aliphatic carbocycles. The minimum Gasteiger partial charge on any atom is -0.394 e. The summed E-state index contributed by atoms with van der Waals surface area (Å²) in [4.78, 5) is 44.9. The zero-order valence-corrected chi connectivity index (χ0v) is 22.4.